The number of carbonyl (C=O) groups excluding carboxylic acids is 2. The fourth-order valence-electron chi connectivity index (χ4n) is 4.76. The van der Waals surface area contributed by atoms with Crippen molar-refractivity contribution >= 4 is 28.7 Å². The van der Waals surface area contributed by atoms with Crippen molar-refractivity contribution in [2.24, 2.45) is 0 Å². The van der Waals surface area contributed by atoms with Gasteiger partial charge in [0.1, 0.15) is 5.69 Å². The van der Waals surface area contributed by atoms with Crippen LogP contribution in [0.5, 0.6) is 0 Å². The molecule has 3 N–H and O–H groups in total. The van der Waals surface area contributed by atoms with Crippen LogP contribution < -0.4 is 5.73 Å². The van der Waals surface area contributed by atoms with Gasteiger partial charge in [0.15, 0.2) is 11.6 Å². The second kappa shape index (κ2) is 10.1. The average Bonchev–Trinajstić information content (AvgIpc) is 3.36. The summed E-state index contributed by atoms with van der Waals surface area (Å²) in [5.74, 6) is -3.27. The number of anilines is 1. The number of nitrogens with two attached hydrogens (primary N) is 1. The molecular formula is C28H25F2N5O3. The summed E-state index contributed by atoms with van der Waals surface area (Å²) in [4.78, 5) is 38.3. The maximum absolute atomic E-state index is 14.4. The summed E-state index contributed by atoms with van der Waals surface area (Å²) in [6, 6.07) is 14.3. The molecular weight excluding hydrogens is 492 g/mol. The van der Waals surface area contributed by atoms with Crippen LogP contribution in [-0.4, -0.2) is 56.4 Å². The van der Waals surface area contributed by atoms with Gasteiger partial charge in [-0.1, -0.05) is 30.3 Å². The van der Waals surface area contributed by atoms with Crippen LogP contribution in [-0.2, 0) is 13.1 Å². The van der Waals surface area contributed by atoms with Crippen molar-refractivity contribution in [3.63, 3.8) is 0 Å². The molecule has 0 fully saturated rings. The zero-order chi connectivity index (χ0) is 27.0. The smallest absolute Gasteiger partial charge is 0.273 e. The third kappa shape index (κ3) is 4.54. The molecule has 8 nitrogen and oxygen atoms in total. The normalized spacial score (nSPS) is 12.6. The number of halogens is 2. The maximum atomic E-state index is 14.4. The first kappa shape index (κ1) is 25.2. The summed E-state index contributed by atoms with van der Waals surface area (Å²) in [5.41, 5.74) is 8.91. The molecule has 0 atom stereocenters. The molecule has 1 aliphatic heterocycles. The molecule has 0 unspecified atom stereocenters. The number of hydrogen-bond donors (Lipinski definition) is 2. The second-order valence-corrected chi connectivity index (χ2v) is 9.01. The van der Waals surface area contributed by atoms with Gasteiger partial charge in [0.2, 0.25) is 5.95 Å². The minimum Gasteiger partial charge on any atom is -0.395 e. The first-order chi connectivity index (χ1) is 18.3. The Hall–Kier alpha value is -4.44. The highest BCUT2D eigenvalue weighted by molar-refractivity contribution is 6.07. The lowest BCUT2D eigenvalue weighted by molar-refractivity contribution is 0.0729. The Balaban J connectivity index is 1.61. The molecule has 0 saturated heterocycles. The van der Waals surface area contributed by atoms with Crippen LogP contribution in [0, 0.1) is 11.6 Å². The molecule has 0 aliphatic carbocycles. The zero-order valence-corrected chi connectivity index (χ0v) is 20.6. The van der Waals surface area contributed by atoms with Crippen LogP contribution in [0.25, 0.3) is 22.0 Å². The molecule has 38 heavy (non-hydrogen) atoms. The predicted molar refractivity (Wildman–Crippen MR) is 138 cm³/mol. The number of benzene rings is 3. The van der Waals surface area contributed by atoms with E-state index in [2.05, 4.69) is 9.97 Å². The Bertz CT molecular complexity index is 1550. The van der Waals surface area contributed by atoms with Gasteiger partial charge < -0.3 is 20.6 Å². The van der Waals surface area contributed by atoms with Crippen LogP contribution in [0.1, 0.15) is 38.9 Å². The number of likely N-dealkylation sites (N-methyl/N-ethyl adjacent to an activating group) is 1. The number of fused-ring (bicyclic) bond motifs is 2. The van der Waals surface area contributed by atoms with Crippen LogP contribution in [0.4, 0.5) is 14.7 Å². The van der Waals surface area contributed by atoms with E-state index in [1.807, 2.05) is 24.3 Å². The summed E-state index contributed by atoms with van der Waals surface area (Å²) in [7, 11) is 0. The van der Waals surface area contributed by atoms with E-state index in [1.54, 1.807) is 30.0 Å². The first-order valence-corrected chi connectivity index (χ1v) is 12.1. The van der Waals surface area contributed by atoms with Crippen molar-refractivity contribution in [3.8, 4) is 11.1 Å². The Morgan fingerprint density at radius 3 is 2.37 bits per heavy atom. The Kier molecular flexibility index (Phi) is 6.73. The molecule has 3 aromatic carbocycles. The molecule has 2 amide bonds. The predicted octanol–water partition coefficient (Wildman–Crippen LogP) is 3.77. The van der Waals surface area contributed by atoms with Crippen molar-refractivity contribution in [1.29, 1.82) is 0 Å². The van der Waals surface area contributed by atoms with E-state index in [0.29, 0.717) is 29.6 Å². The first-order valence-electron chi connectivity index (χ1n) is 12.1. The average molecular weight is 518 g/mol. The molecule has 0 spiro atoms. The molecule has 0 bridgehead atoms. The van der Waals surface area contributed by atoms with Crippen molar-refractivity contribution in [2.45, 2.75) is 20.0 Å². The number of aliphatic hydroxyl groups excluding tert-OH is 1. The molecule has 0 saturated carbocycles. The van der Waals surface area contributed by atoms with Crippen molar-refractivity contribution in [3.05, 3.63) is 88.6 Å². The number of aliphatic hydroxyl groups is 1. The quantitative estimate of drug-likeness (QED) is 0.403. The van der Waals surface area contributed by atoms with Gasteiger partial charge in [-0.2, -0.15) is 0 Å². The molecule has 10 heteroatoms. The van der Waals surface area contributed by atoms with Crippen LogP contribution in [0.15, 0.2) is 54.6 Å². The van der Waals surface area contributed by atoms with Gasteiger partial charge >= 0.3 is 0 Å². The molecule has 5 rings (SSSR count). The van der Waals surface area contributed by atoms with Crippen molar-refractivity contribution in [1.82, 2.24) is 19.8 Å². The molecule has 0 radical (unpaired) electrons. The number of rotatable bonds is 6. The van der Waals surface area contributed by atoms with E-state index < -0.39 is 17.5 Å². The number of nitrogens with zero attached hydrogens (tertiary/aromatic N) is 4. The van der Waals surface area contributed by atoms with Gasteiger partial charge in [0, 0.05) is 31.6 Å². The highest BCUT2D eigenvalue weighted by Gasteiger charge is 2.27. The van der Waals surface area contributed by atoms with Gasteiger partial charge in [0.05, 0.1) is 17.7 Å². The lowest BCUT2D eigenvalue weighted by Gasteiger charge is -2.22. The van der Waals surface area contributed by atoms with Gasteiger partial charge in [-0.05, 0) is 53.4 Å². The van der Waals surface area contributed by atoms with Gasteiger partial charge in [0.25, 0.3) is 11.8 Å². The Morgan fingerprint density at radius 1 is 1.03 bits per heavy atom. The van der Waals surface area contributed by atoms with Crippen molar-refractivity contribution in [2.75, 3.05) is 25.4 Å². The van der Waals surface area contributed by atoms with E-state index in [1.165, 1.54) is 4.90 Å². The summed E-state index contributed by atoms with van der Waals surface area (Å²) in [6.07, 6.45) is 0. The molecule has 4 aromatic rings. The highest BCUT2D eigenvalue weighted by atomic mass is 19.2. The standard InChI is InChI=1S/C28H25F2N5O3/c1-2-34(9-10-36)26(37)20-13-23(30)22(29)12-19(20)16-7-8-24-21(11-16)25(33-28(31)32-24)27(38)35-14-17-5-3-4-6-18(17)15-35/h3-8,11-13,36H,2,9-10,14-15H2,1H3,(H2,31,32,33). The lowest BCUT2D eigenvalue weighted by Crippen LogP contribution is -2.33. The number of hydrogen-bond acceptors (Lipinski definition) is 6. The monoisotopic (exact) mass is 517 g/mol. The van der Waals surface area contributed by atoms with E-state index in [9.17, 15) is 23.5 Å². The zero-order valence-electron chi connectivity index (χ0n) is 20.6. The fraction of sp³-hybridized carbons (Fsp3) is 0.214. The van der Waals surface area contributed by atoms with E-state index in [0.717, 1.165) is 23.3 Å². The Labute approximate surface area is 217 Å². The summed E-state index contributed by atoms with van der Waals surface area (Å²) < 4.78 is 28.7. The minimum absolute atomic E-state index is 0.0372. The fourth-order valence-corrected chi connectivity index (χ4v) is 4.76. The second-order valence-electron chi connectivity index (χ2n) is 9.01. The third-order valence-corrected chi connectivity index (χ3v) is 6.68. The van der Waals surface area contributed by atoms with E-state index in [-0.39, 0.29) is 48.4 Å². The molecule has 1 aliphatic rings. The van der Waals surface area contributed by atoms with E-state index >= 15 is 0 Å². The highest BCUT2D eigenvalue weighted by Crippen LogP contribution is 2.32. The van der Waals surface area contributed by atoms with E-state index in [4.69, 9.17) is 5.73 Å². The van der Waals surface area contributed by atoms with Gasteiger partial charge in [-0.15, -0.1) is 0 Å². The number of amides is 2. The summed E-state index contributed by atoms with van der Waals surface area (Å²) in [5, 5.41) is 9.70. The SMILES string of the molecule is CCN(CCO)C(=O)c1cc(F)c(F)cc1-c1ccc2nc(N)nc(C(=O)N3Cc4ccccc4C3)c2c1. The van der Waals surface area contributed by atoms with Crippen LogP contribution >= 0.6 is 0 Å². The van der Waals surface area contributed by atoms with Crippen LogP contribution in [0.3, 0.4) is 0 Å². The number of aromatic nitrogens is 2. The van der Waals surface area contributed by atoms with Gasteiger partial charge in [-0.25, -0.2) is 18.7 Å². The van der Waals surface area contributed by atoms with Crippen molar-refractivity contribution < 1.29 is 23.5 Å². The largest absolute Gasteiger partial charge is 0.395 e. The number of nitrogen functional groups attached to an aromatic ring is 1. The Morgan fingerprint density at radius 2 is 1.71 bits per heavy atom. The topological polar surface area (TPSA) is 113 Å². The van der Waals surface area contributed by atoms with Crippen LogP contribution in [0.2, 0.25) is 0 Å². The maximum Gasteiger partial charge on any atom is 0.273 e. The number of carbonyl (C=O) groups is 2. The summed E-state index contributed by atoms with van der Waals surface area (Å²) >= 11 is 0. The molecule has 2 heterocycles. The van der Waals surface area contributed by atoms with Gasteiger partial charge in [-0.3, -0.25) is 9.59 Å². The lowest BCUT2D eigenvalue weighted by atomic mass is 9.96. The molecule has 194 valence electrons. The third-order valence-electron chi connectivity index (χ3n) is 6.68. The minimum atomic E-state index is -1.17. The molecule has 1 aromatic heterocycles. The summed E-state index contributed by atoms with van der Waals surface area (Å²) in [6.45, 7) is 2.58.